The SMILES string of the molecule is O=[N+]([O-])c1cc2ccccc2cc1-c1ccc2ccccc2c1-c1ccc2sc3ccc4ccccc4c3c2c1. The highest BCUT2D eigenvalue weighted by Crippen LogP contribution is 2.45. The molecule has 7 aromatic carbocycles. The first kappa shape index (κ1) is 22.9. The average molecular weight is 532 g/mol. The van der Waals surface area contributed by atoms with Gasteiger partial charge in [0.25, 0.3) is 5.69 Å². The van der Waals surface area contributed by atoms with Gasteiger partial charge in [0.2, 0.25) is 0 Å². The van der Waals surface area contributed by atoms with E-state index in [0.717, 1.165) is 38.2 Å². The summed E-state index contributed by atoms with van der Waals surface area (Å²) in [5.74, 6) is 0. The number of nitro groups is 1. The highest BCUT2D eigenvalue weighted by Gasteiger charge is 2.22. The Morgan fingerprint density at radius 2 is 1.15 bits per heavy atom. The second-order valence-corrected chi connectivity index (χ2v) is 11.2. The van der Waals surface area contributed by atoms with Gasteiger partial charge < -0.3 is 0 Å². The van der Waals surface area contributed by atoms with Crippen LogP contribution in [0.15, 0.2) is 127 Å². The summed E-state index contributed by atoms with van der Waals surface area (Å²) in [7, 11) is 0. The van der Waals surface area contributed by atoms with Crippen molar-refractivity contribution in [3.8, 4) is 22.3 Å². The molecule has 0 aliphatic heterocycles. The molecule has 0 amide bonds. The van der Waals surface area contributed by atoms with Gasteiger partial charge in [-0.05, 0) is 73.3 Å². The first-order chi connectivity index (χ1) is 19.7. The first-order valence-electron chi connectivity index (χ1n) is 13.2. The topological polar surface area (TPSA) is 43.1 Å². The molecule has 0 aliphatic carbocycles. The van der Waals surface area contributed by atoms with Crippen LogP contribution in [0.25, 0.3) is 74.7 Å². The Morgan fingerprint density at radius 1 is 0.525 bits per heavy atom. The maximum Gasteiger partial charge on any atom is 0.277 e. The second-order valence-electron chi connectivity index (χ2n) is 10.2. The summed E-state index contributed by atoms with van der Waals surface area (Å²) in [5, 5.41) is 21.3. The van der Waals surface area contributed by atoms with E-state index in [1.165, 1.54) is 30.9 Å². The molecule has 0 aliphatic rings. The number of nitrogens with zero attached hydrogens (tertiary/aromatic N) is 1. The second kappa shape index (κ2) is 8.73. The van der Waals surface area contributed by atoms with Crippen molar-refractivity contribution in [3.05, 3.63) is 138 Å². The summed E-state index contributed by atoms with van der Waals surface area (Å²) >= 11 is 1.80. The highest BCUT2D eigenvalue weighted by atomic mass is 32.1. The molecule has 0 saturated heterocycles. The number of rotatable bonds is 3. The monoisotopic (exact) mass is 531 g/mol. The van der Waals surface area contributed by atoms with Crippen molar-refractivity contribution < 1.29 is 4.92 Å². The van der Waals surface area contributed by atoms with Gasteiger partial charge in [0.05, 0.1) is 10.5 Å². The highest BCUT2D eigenvalue weighted by molar-refractivity contribution is 7.26. The van der Waals surface area contributed by atoms with E-state index in [9.17, 15) is 10.1 Å². The van der Waals surface area contributed by atoms with Crippen LogP contribution in [0.3, 0.4) is 0 Å². The lowest BCUT2D eigenvalue weighted by atomic mass is 9.87. The van der Waals surface area contributed by atoms with E-state index in [-0.39, 0.29) is 10.6 Å². The van der Waals surface area contributed by atoms with Crippen molar-refractivity contribution in [1.82, 2.24) is 0 Å². The van der Waals surface area contributed by atoms with Crippen molar-refractivity contribution in [2.75, 3.05) is 0 Å². The van der Waals surface area contributed by atoms with E-state index in [2.05, 4.69) is 72.8 Å². The van der Waals surface area contributed by atoms with Gasteiger partial charge >= 0.3 is 0 Å². The van der Waals surface area contributed by atoms with E-state index in [0.29, 0.717) is 5.56 Å². The van der Waals surface area contributed by atoms with Crippen LogP contribution in [0.1, 0.15) is 0 Å². The molecule has 0 unspecified atom stereocenters. The predicted molar refractivity (Wildman–Crippen MR) is 169 cm³/mol. The van der Waals surface area contributed by atoms with Gasteiger partial charge in [-0.25, -0.2) is 0 Å². The Kier molecular flexibility index (Phi) is 5.00. The molecule has 8 rings (SSSR count). The third kappa shape index (κ3) is 3.43. The minimum atomic E-state index is -0.261. The largest absolute Gasteiger partial charge is 0.277 e. The fourth-order valence-corrected chi connectivity index (χ4v) is 7.21. The van der Waals surface area contributed by atoms with Gasteiger partial charge in [0, 0.05) is 26.2 Å². The number of benzene rings is 7. The minimum Gasteiger partial charge on any atom is -0.258 e. The molecule has 3 nitrogen and oxygen atoms in total. The standard InChI is InChI=1S/C36H21NO2S/c38-37(39)32-21-25-10-2-1-9-24(25)19-30(32)29-16-13-22-7-3-5-11-27(22)35(29)26-15-17-33-31(20-26)36-28-12-6-4-8-23(28)14-18-34(36)40-33/h1-21H. The number of thiophene rings is 1. The maximum absolute atomic E-state index is 12.4. The molecule has 0 spiro atoms. The number of nitro benzene ring substituents is 1. The molecule has 0 bridgehead atoms. The van der Waals surface area contributed by atoms with Gasteiger partial charge in [0.15, 0.2) is 0 Å². The molecule has 4 heteroatoms. The van der Waals surface area contributed by atoms with Gasteiger partial charge in [-0.15, -0.1) is 11.3 Å². The van der Waals surface area contributed by atoms with Crippen molar-refractivity contribution in [2.24, 2.45) is 0 Å². The Morgan fingerprint density at radius 3 is 1.93 bits per heavy atom. The summed E-state index contributed by atoms with van der Waals surface area (Å²) in [5.41, 5.74) is 3.67. The Bertz CT molecular complexity index is 2320. The maximum atomic E-state index is 12.4. The zero-order valence-electron chi connectivity index (χ0n) is 21.3. The molecule has 0 saturated carbocycles. The summed E-state index contributed by atoms with van der Waals surface area (Å²) in [6, 6.07) is 43.4. The molecule has 0 N–H and O–H groups in total. The molecular formula is C36H21NO2S. The normalized spacial score (nSPS) is 11.7. The minimum absolute atomic E-state index is 0.114. The van der Waals surface area contributed by atoms with Crippen molar-refractivity contribution in [2.45, 2.75) is 0 Å². The van der Waals surface area contributed by atoms with Crippen molar-refractivity contribution >= 4 is 69.5 Å². The zero-order chi connectivity index (χ0) is 26.8. The Hall–Kier alpha value is -5.06. The quantitative estimate of drug-likeness (QED) is 0.168. The number of hydrogen-bond acceptors (Lipinski definition) is 3. The molecule has 188 valence electrons. The van der Waals surface area contributed by atoms with E-state index >= 15 is 0 Å². The summed E-state index contributed by atoms with van der Waals surface area (Å²) in [6.45, 7) is 0. The van der Waals surface area contributed by atoms with Crippen molar-refractivity contribution in [1.29, 1.82) is 0 Å². The summed E-state index contributed by atoms with van der Waals surface area (Å²) in [6.07, 6.45) is 0. The third-order valence-electron chi connectivity index (χ3n) is 7.93. The van der Waals surface area contributed by atoms with Crippen LogP contribution in [0, 0.1) is 10.1 Å². The van der Waals surface area contributed by atoms with Gasteiger partial charge in [0.1, 0.15) is 0 Å². The van der Waals surface area contributed by atoms with Gasteiger partial charge in [-0.3, -0.25) is 10.1 Å². The summed E-state index contributed by atoms with van der Waals surface area (Å²) < 4.78 is 2.49. The lowest BCUT2D eigenvalue weighted by Gasteiger charge is -2.15. The van der Waals surface area contributed by atoms with Crippen LogP contribution in [0.4, 0.5) is 5.69 Å². The fraction of sp³-hybridized carbons (Fsp3) is 0. The lowest BCUT2D eigenvalue weighted by molar-refractivity contribution is -0.384. The predicted octanol–water partition coefficient (Wildman–Crippen LogP) is 10.8. The molecular weight excluding hydrogens is 510 g/mol. The average Bonchev–Trinajstić information content (AvgIpc) is 3.38. The number of fused-ring (bicyclic) bond motifs is 7. The van der Waals surface area contributed by atoms with Gasteiger partial charge in [-0.1, -0.05) is 97.1 Å². The molecule has 0 fully saturated rings. The molecule has 0 radical (unpaired) electrons. The van der Waals surface area contributed by atoms with Crippen LogP contribution >= 0.6 is 11.3 Å². The lowest BCUT2D eigenvalue weighted by Crippen LogP contribution is -1.95. The summed E-state index contributed by atoms with van der Waals surface area (Å²) in [4.78, 5) is 12.1. The van der Waals surface area contributed by atoms with Crippen LogP contribution in [-0.4, -0.2) is 4.92 Å². The van der Waals surface area contributed by atoms with Crippen LogP contribution in [-0.2, 0) is 0 Å². The first-order valence-corrected chi connectivity index (χ1v) is 14.0. The van der Waals surface area contributed by atoms with Crippen LogP contribution in [0.2, 0.25) is 0 Å². The van der Waals surface area contributed by atoms with Crippen LogP contribution < -0.4 is 0 Å². The third-order valence-corrected chi connectivity index (χ3v) is 9.06. The van der Waals surface area contributed by atoms with E-state index < -0.39 is 0 Å². The van der Waals surface area contributed by atoms with E-state index in [1.54, 1.807) is 17.4 Å². The van der Waals surface area contributed by atoms with Gasteiger partial charge in [-0.2, -0.15) is 0 Å². The van der Waals surface area contributed by atoms with E-state index in [4.69, 9.17) is 0 Å². The van der Waals surface area contributed by atoms with Crippen molar-refractivity contribution in [3.63, 3.8) is 0 Å². The molecule has 1 aromatic heterocycles. The molecule has 0 atom stereocenters. The fourth-order valence-electron chi connectivity index (χ4n) is 6.10. The molecule has 40 heavy (non-hydrogen) atoms. The smallest absolute Gasteiger partial charge is 0.258 e. The van der Waals surface area contributed by atoms with Crippen LogP contribution in [0.5, 0.6) is 0 Å². The van der Waals surface area contributed by atoms with E-state index in [1.807, 2.05) is 48.5 Å². The Balaban J connectivity index is 1.48. The Labute approximate surface area is 233 Å². The zero-order valence-corrected chi connectivity index (χ0v) is 22.1. The molecule has 1 heterocycles. The number of hydrogen-bond donors (Lipinski definition) is 0. The molecule has 8 aromatic rings.